The van der Waals surface area contributed by atoms with Gasteiger partial charge in [-0.05, 0) is 49.1 Å². The Morgan fingerprint density at radius 3 is 2.79 bits per heavy atom. The van der Waals surface area contributed by atoms with Crippen molar-refractivity contribution >= 4 is 22.7 Å². The van der Waals surface area contributed by atoms with Gasteiger partial charge in [-0.15, -0.1) is 0 Å². The van der Waals surface area contributed by atoms with Gasteiger partial charge in [-0.25, -0.2) is 4.98 Å². The predicted octanol–water partition coefficient (Wildman–Crippen LogP) is 4.62. The normalized spacial score (nSPS) is 14.6. The highest BCUT2D eigenvalue weighted by Crippen LogP contribution is 2.40. The minimum atomic E-state index is -0.732. The molecule has 6 nitrogen and oxygen atoms in total. The Balaban J connectivity index is 1.53. The Morgan fingerprint density at radius 1 is 1.29 bits per heavy atom. The summed E-state index contributed by atoms with van der Waals surface area (Å²) in [7, 11) is 0. The molecule has 142 valence electrons. The minimum absolute atomic E-state index is 0.0796. The van der Waals surface area contributed by atoms with E-state index in [2.05, 4.69) is 16.4 Å². The summed E-state index contributed by atoms with van der Waals surface area (Å²) in [6, 6.07) is 14.4. The van der Waals surface area contributed by atoms with Crippen LogP contribution in [-0.4, -0.2) is 17.0 Å². The van der Waals surface area contributed by atoms with Crippen LogP contribution >= 0.6 is 0 Å². The number of anilines is 1. The number of rotatable bonds is 6. The van der Waals surface area contributed by atoms with Crippen molar-refractivity contribution in [1.82, 2.24) is 4.98 Å². The standard InChI is InChI=1S/C22H21N3O3/c1-13(2)20(27-18-6-4-3-5-15(18)12-23)21(26)24-16-9-10-19-17(11-16)25-22(28-19)14-7-8-14/h3-6,9-11,13-14,20H,7-8H2,1-2H3,(H,24,26). The molecule has 6 heteroatoms. The number of nitrogens with zero attached hydrogens (tertiary/aromatic N) is 2. The Morgan fingerprint density at radius 2 is 2.07 bits per heavy atom. The average molecular weight is 375 g/mol. The summed E-state index contributed by atoms with van der Waals surface area (Å²) >= 11 is 0. The number of fused-ring (bicyclic) bond motifs is 1. The first-order valence-electron chi connectivity index (χ1n) is 9.42. The van der Waals surface area contributed by atoms with E-state index in [0.29, 0.717) is 22.9 Å². The minimum Gasteiger partial charge on any atom is -0.479 e. The van der Waals surface area contributed by atoms with Crippen molar-refractivity contribution in [2.75, 3.05) is 5.32 Å². The lowest BCUT2D eigenvalue weighted by Gasteiger charge is -2.22. The van der Waals surface area contributed by atoms with Crippen molar-refractivity contribution in [3.8, 4) is 11.8 Å². The van der Waals surface area contributed by atoms with E-state index in [9.17, 15) is 10.1 Å². The molecule has 0 bridgehead atoms. The molecule has 1 aromatic heterocycles. The summed E-state index contributed by atoms with van der Waals surface area (Å²) in [4.78, 5) is 17.4. The fourth-order valence-corrected chi connectivity index (χ4v) is 3.03. The fourth-order valence-electron chi connectivity index (χ4n) is 3.03. The number of ether oxygens (including phenoxy) is 1. The van der Waals surface area contributed by atoms with Gasteiger partial charge in [-0.2, -0.15) is 5.26 Å². The lowest BCUT2D eigenvalue weighted by atomic mass is 10.1. The number of aromatic nitrogens is 1. The zero-order chi connectivity index (χ0) is 19.7. The molecule has 1 unspecified atom stereocenters. The largest absolute Gasteiger partial charge is 0.479 e. The molecule has 1 aliphatic carbocycles. The molecule has 0 saturated heterocycles. The fraction of sp³-hybridized carbons (Fsp3) is 0.318. The molecule has 3 aromatic rings. The van der Waals surface area contributed by atoms with Gasteiger partial charge in [0, 0.05) is 11.6 Å². The number of nitrogens with one attached hydrogen (secondary N) is 1. The number of para-hydroxylation sites is 1. The highest BCUT2D eigenvalue weighted by molar-refractivity contribution is 5.96. The maximum absolute atomic E-state index is 12.9. The van der Waals surface area contributed by atoms with E-state index < -0.39 is 6.10 Å². The average Bonchev–Trinajstić information content (AvgIpc) is 3.45. The van der Waals surface area contributed by atoms with Gasteiger partial charge in [0.1, 0.15) is 17.3 Å². The van der Waals surface area contributed by atoms with Gasteiger partial charge < -0.3 is 14.5 Å². The second-order valence-electron chi connectivity index (χ2n) is 7.39. The van der Waals surface area contributed by atoms with Crippen molar-refractivity contribution in [3.63, 3.8) is 0 Å². The smallest absolute Gasteiger partial charge is 0.265 e. The maximum Gasteiger partial charge on any atom is 0.265 e. The summed E-state index contributed by atoms with van der Waals surface area (Å²) < 4.78 is 11.7. The SMILES string of the molecule is CC(C)C(Oc1ccccc1C#N)C(=O)Nc1ccc2oc(C3CC3)nc2c1. The van der Waals surface area contributed by atoms with Crippen LogP contribution in [0, 0.1) is 17.2 Å². The van der Waals surface area contributed by atoms with Crippen molar-refractivity contribution in [3.05, 3.63) is 53.9 Å². The van der Waals surface area contributed by atoms with E-state index in [-0.39, 0.29) is 11.8 Å². The van der Waals surface area contributed by atoms with Crippen LogP contribution < -0.4 is 10.1 Å². The highest BCUT2D eigenvalue weighted by atomic mass is 16.5. The summed E-state index contributed by atoms with van der Waals surface area (Å²) in [5, 5.41) is 12.1. The second kappa shape index (κ2) is 7.35. The molecule has 0 spiro atoms. The molecule has 28 heavy (non-hydrogen) atoms. The molecule has 1 saturated carbocycles. The Bertz CT molecular complexity index is 1060. The van der Waals surface area contributed by atoms with Crippen LogP contribution in [0.2, 0.25) is 0 Å². The van der Waals surface area contributed by atoms with Crippen LogP contribution in [0.25, 0.3) is 11.1 Å². The van der Waals surface area contributed by atoms with E-state index in [1.165, 1.54) is 0 Å². The summed E-state index contributed by atoms with van der Waals surface area (Å²) in [6.45, 7) is 3.81. The van der Waals surface area contributed by atoms with Crippen LogP contribution in [0.15, 0.2) is 46.9 Å². The number of nitriles is 1. The first-order chi connectivity index (χ1) is 13.5. The third-order valence-corrected chi connectivity index (χ3v) is 4.72. The van der Waals surface area contributed by atoms with Gasteiger partial charge in [0.15, 0.2) is 17.6 Å². The van der Waals surface area contributed by atoms with Gasteiger partial charge in [0.2, 0.25) is 0 Å². The van der Waals surface area contributed by atoms with E-state index in [4.69, 9.17) is 9.15 Å². The predicted molar refractivity (Wildman–Crippen MR) is 105 cm³/mol. The Kier molecular flexibility index (Phi) is 4.74. The van der Waals surface area contributed by atoms with Crippen molar-refractivity contribution < 1.29 is 13.9 Å². The highest BCUT2D eigenvalue weighted by Gasteiger charge is 2.29. The number of carbonyl (C=O) groups excluding carboxylic acids is 1. The molecule has 0 radical (unpaired) electrons. The lowest BCUT2D eigenvalue weighted by Crippen LogP contribution is -2.37. The van der Waals surface area contributed by atoms with Gasteiger partial charge in [0.05, 0.1) is 5.56 Å². The molecule has 1 N–H and O–H groups in total. The van der Waals surface area contributed by atoms with E-state index in [1.807, 2.05) is 26.0 Å². The molecule has 4 rings (SSSR count). The Hall–Kier alpha value is -3.33. The molecule has 2 aromatic carbocycles. The molecular weight excluding hydrogens is 354 g/mol. The van der Waals surface area contributed by atoms with E-state index >= 15 is 0 Å². The first kappa shape index (κ1) is 18.1. The van der Waals surface area contributed by atoms with Crippen molar-refractivity contribution in [2.45, 2.75) is 38.7 Å². The van der Waals surface area contributed by atoms with E-state index in [1.54, 1.807) is 30.3 Å². The number of carbonyl (C=O) groups is 1. The first-order valence-corrected chi connectivity index (χ1v) is 9.42. The van der Waals surface area contributed by atoms with Gasteiger partial charge in [-0.3, -0.25) is 4.79 Å². The molecular formula is C22H21N3O3. The van der Waals surface area contributed by atoms with Crippen LogP contribution in [0.5, 0.6) is 5.75 Å². The quantitative estimate of drug-likeness (QED) is 0.679. The number of hydrogen-bond acceptors (Lipinski definition) is 5. The van der Waals surface area contributed by atoms with Crippen LogP contribution in [-0.2, 0) is 4.79 Å². The molecule has 1 fully saturated rings. The third kappa shape index (κ3) is 3.70. The van der Waals surface area contributed by atoms with Crippen molar-refractivity contribution in [1.29, 1.82) is 5.26 Å². The molecule has 1 heterocycles. The zero-order valence-corrected chi connectivity index (χ0v) is 15.8. The monoisotopic (exact) mass is 375 g/mol. The second-order valence-corrected chi connectivity index (χ2v) is 7.39. The topological polar surface area (TPSA) is 88.1 Å². The van der Waals surface area contributed by atoms with Crippen LogP contribution in [0.3, 0.4) is 0 Å². The number of hydrogen-bond donors (Lipinski definition) is 1. The maximum atomic E-state index is 12.9. The number of amides is 1. The number of oxazole rings is 1. The van der Waals surface area contributed by atoms with Gasteiger partial charge >= 0.3 is 0 Å². The van der Waals surface area contributed by atoms with Crippen LogP contribution in [0.1, 0.15) is 44.1 Å². The molecule has 1 atom stereocenters. The van der Waals surface area contributed by atoms with Gasteiger partial charge in [-0.1, -0.05) is 26.0 Å². The lowest BCUT2D eigenvalue weighted by molar-refractivity contribution is -0.124. The summed E-state index contributed by atoms with van der Waals surface area (Å²) in [6.07, 6.45) is 1.51. The third-order valence-electron chi connectivity index (χ3n) is 4.72. The number of benzene rings is 2. The molecule has 0 aliphatic heterocycles. The van der Waals surface area contributed by atoms with E-state index in [0.717, 1.165) is 29.8 Å². The van der Waals surface area contributed by atoms with Crippen molar-refractivity contribution in [2.24, 2.45) is 5.92 Å². The Labute approximate surface area is 163 Å². The zero-order valence-electron chi connectivity index (χ0n) is 15.8. The molecule has 1 aliphatic rings. The summed E-state index contributed by atoms with van der Waals surface area (Å²) in [5.41, 5.74) is 2.49. The van der Waals surface area contributed by atoms with Crippen LogP contribution in [0.4, 0.5) is 5.69 Å². The summed E-state index contributed by atoms with van der Waals surface area (Å²) in [5.74, 6) is 1.26. The van der Waals surface area contributed by atoms with Gasteiger partial charge in [0.25, 0.3) is 5.91 Å². The molecule has 1 amide bonds.